The van der Waals surface area contributed by atoms with Crippen LogP contribution in [0.15, 0.2) is 59.1 Å². The third-order valence-electron chi connectivity index (χ3n) is 3.96. The van der Waals surface area contributed by atoms with Crippen molar-refractivity contribution in [2.24, 2.45) is 0 Å². The van der Waals surface area contributed by atoms with E-state index >= 15 is 0 Å². The number of carbonyl (C=O) groups is 2. The molecule has 2 heterocycles. The number of benzene rings is 1. The molecule has 0 saturated carbocycles. The number of thiophene rings is 1. The predicted octanol–water partition coefficient (Wildman–Crippen LogP) is 2.71. The van der Waals surface area contributed by atoms with Gasteiger partial charge in [0.05, 0.1) is 18.2 Å². The highest BCUT2D eigenvalue weighted by atomic mass is 32.1. The number of urea groups is 1. The van der Waals surface area contributed by atoms with Crippen LogP contribution in [-0.2, 0) is 16.1 Å². The van der Waals surface area contributed by atoms with E-state index in [0.717, 1.165) is 5.56 Å². The number of esters is 1. The van der Waals surface area contributed by atoms with E-state index in [1.54, 1.807) is 18.3 Å². The first-order valence-electron chi connectivity index (χ1n) is 8.44. The highest BCUT2D eigenvalue weighted by Crippen LogP contribution is 2.27. The molecule has 0 radical (unpaired) electrons. The van der Waals surface area contributed by atoms with Crippen molar-refractivity contribution in [2.75, 3.05) is 13.2 Å². The number of rotatable bonds is 7. The molecule has 2 aromatic rings. The van der Waals surface area contributed by atoms with Gasteiger partial charge in [-0.25, -0.2) is 9.59 Å². The number of nitrogens with one attached hydrogen (secondary N) is 3. The lowest BCUT2D eigenvalue weighted by molar-refractivity contribution is -0.139. The molecule has 2 amide bonds. The van der Waals surface area contributed by atoms with Gasteiger partial charge in [0.25, 0.3) is 0 Å². The maximum atomic E-state index is 12.6. The van der Waals surface area contributed by atoms with Crippen LogP contribution in [-0.4, -0.2) is 25.2 Å². The van der Waals surface area contributed by atoms with E-state index in [1.165, 1.54) is 4.88 Å². The van der Waals surface area contributed by atoms with E-state index in [9.17, 15) is 9.59 Å². The van der Waals surface area contributed by atoms with Gasteiger partial charge in [-0.05, 0) is 23.9 Å². The SMILES string of the molecule is CCOC(=O)C1=C(CNCc2cccs2)NC(=O)NC1c1ccccc1. The Labute approximate surface area is 156 Å². The molecule has 3 rings (SSSR count). The topological polar surface area (TPSA) is 79.5 Å². The van der Waals surface area contributed by atoms with Gasteiger partial charge in [-0.2, -0.15) is 0 Å². The summed E-state index contributed by atoms with van der Waals surface area (Å²) in [5.41, 5.74) is 1.80. The Hall–Kier alpha value is -2.64. The fourth-order valence-electron chi connectivity index (χ4n) is 2.83. The summed E-state index contributed by atoms with van der Waals surface area (Å²) >= 11 is 1.65. The zero-order valence-electron chi connectivity index (χ0n) is 14.5. The molecule has 26 heavy (non-hydrogen) atoms. The first kappa shape index (κ1) is 18.2. The highest BCUT2D eigenvalue weighted by Gasteiger charge is 2.33. The molecule has 1 unspecified atom stereocenters. The Kier molecular flexibility index (Phi) is 6.04. The van der Waals surface area contributed by atoms with Crippen molar-refractivity contribution in [3.05, 3.63) is 69.6 Å². The molecule has 7 heteroatoms. The van der Waals surface area contributed by atoms with Crippen LogP contribution in [0.1, 0.15) is 23.4 Å². The maximum Gasteiger partial charge on any atom is 0.338 e. The molecule has 1 aromatic heterocycles. The van der Waals surface area contributed by atoms with Gasteiger partial charge in [0.2, 0.25) is 0 Å². The molecule has 136 valence electrons. The Morgan fingerprint density at radius 1 is 1.19 bits per heavy atom. The van der Waals surface area contributed by atoms with Gasteiger partial charge in [-0.3, -0.25) is 0 Å². The molecule has 0 aliphatic carbocycles. The standard InChI is InChI=1S/C19H21N3O3S/c1-2-25-18(23)16-15(12-20-11-14-9-6-10-26-14)21-19(24)22-17(16)13-7-4-3-5-8-13/h3-10,17,20H,2,11-12H2,1H3,(H2,21,22,24). The minimum atomic E-state index is -0.539. The van der Waals surface area contributed by atoms with Crippen molar-refractivity contribution in [2.45, 2.75) is 19.5 Å². The van der Waals surface area contributed by atoms with E-state index in [1.807, 2.05) is 47.8 Å². The van der Waals surface area contributed by atoms with E-state index in [2.05, 4.69) is 16.0 Å². The van der Waals surface area contributed by atoms with Crippen molar-refractivity contribution < 1.29 is 14.3 Å². The summed E-state index contributed by atoms with van der Waals surface area (Å²) in [6.45, 7) is 3.06. The fourth-order valence-corrected chi connectivity index (χ4v) is 3.50. The normalized spacial score (nSPS) is 16.8. The third-order valence-corrected chi connectivity index (χ3v) is 4.84. The molecule has 1 atom stereocenters. The zero-order chi connectivity index (χ0) is 18.4. The molecule has 1 aliphatic rings. The van der Waals surface area contributed by atoms with Gasteiger partial charge in [0.15, 0.2) is 0 Å². The summed E-state index contributed by atoms with van der Waals surface area (Å²) < 4.78 is 5.24. The largest absolute Gasteiger partial charge is 0.463 e. The van der Waals surface area contributed by atoms with Crippen molar-refractivity contribution >= 4 is 23.3 Å². The van der Waals surface area contributed by atoms with Crippen LogP contribution >= 0.6 is 11.3 Å². The van der Waals surface area contributed by atoms with E-state index in [0.29, 0.717) is 24.4 Å². The Bertz CT molecular complexity index is 788. The van der Waals surface area contributed by atoms with Crippen molar-refractivity contribution in [3.8, 4) is 0 Å². The molecule has 0 fully saturated rings. The molecule has 1 aromatic carbocycles. The van der Waals surface area contributed by atoms with Crippen LogP contribution in [0.2, 0.25) is 0 Å². The van der Waals surface area contributed by atoms with Crippen LogP contribution < -0.4 is 16.0 Å². The van der Waals surface area contributed by atoms with Gasteiger partial charge in [0.1, 0.15) is 0 Å². The Morgan fingerprint density at radius 2 is 2.00 bits per heavy atom. The van der Waals surface area contributed by atoms with Gasteiger partial charge in [-0.15, -0.1) is 11.3 Å². The first-order chi connectivity index (χ1) is 12.7. The molecule has 6 nitrogen and oxygen atoms in total. The number of carbonyl (C=O) groups excluding carboxylic acids is 2. The quantitative estimate of drug-likeness (QED) is 0.654. The lowest BCUT2D eigenvalue weighted by Crippen LogP contribution is -2.48. The van der Waals surface area contributed by atoms with Crippen LogP contribution in [0.3, 0.4) is 0 Å². The summed E-state index contributed by atoms with van der Waals surface area (Å²) in [6.07, 6.45) is 0. The summed E-state index contributed by atoms with van der Waals surface area (Å²) in [5, 5.41) is 10.9. The van der Waals surface area contributed by atoms with Gasteiger partial charge in [0, 0.05) is 23.7 Å². The second-order valence-electron chi connectivity index (χ2n) is 5.74. The summed E-state index contributed by atoms with van der Waals surface area (Å²) in [5.74, 6) is -0.429. The maximum absolute atomic E-state index is 12.6. The average molecular weight is 371 g/mol. The highest BCUT2D eigenvalue weighted by molar-refractivity contribution is 7.09. The second kappa shape index (κ2) is 8.64. The van der Waals surface area contributed by atoms with Crippen molar-refractivity contribution in [1.82, 2.24) is 16.0 Å². The predicted molar refractivity (Wildman–Crippen MR) is 101 cm³/mol. The van der Waals surface area contributed by atoms with Crippen LogP contribution in [0, 0.1) is 0 Å². The van der Waals surface area contributed by atoms with Crippen LogP contribution in [0.4, 0.5) is 4.79 Å². The van der Waals surface area contributed by atoms with Crippen molar-refractivity contribution in [1.29, 1.82) is 0 Å². The van der Waals surface area contributed by atoms with Crippen LogP contribution in [0.25, 0.3) is 0 Å². The molecular formula is C19H21N3O3S. The summed E-state index contributed by atoms with van der Waals surface area (Å²) in [6, 6.07) is 12.6. The summed E-state index contributed by atoms with van der Waals surface area (Å²) in [7, 11) is 0. The van der Waals surface area contributed by atoms with Gasteiger partial charge in [-0.1, -0.05) is 36.4 Å². The number of amides is 2. The zero-order valence-corrected chi connectivity index (χ0v) is 15.3. The third kappa shape index (κ3) is 4.30. The number of ether oxygens (including phenoxy) is 1. The van der Waals surface area contributed by atoms with Crippen LogP contribution in [0.5, 0.6) is 0 Å². The molecule has 3 N–H and O–H groups in total. The smallest absolute Gasteiger partial charge is 0.338 e. The second-order valence-corrected chi connectivity index (χ2v) is 6.77. The molecule has 1 aliphatic heterocycles. The van der Waals surface area contributed by atoms with E-state index in [4.69, 9.17) is 4.74 Å². The van der Waals surface area contributed by atoms with Gasteiger partial charge >= 0.3 is 12.0 Å². The minimum Gasteiger partial charge on any atom is -0.463 e. The lowest BCUT2D eigenvalue weighted by Gasteiger charge is -2.29. The first-order valence-corrected chi connectivity index (χ1v) is 9.32. The van der Waals surface area contributed by atoms with Crippen molar-refractivity contribution in [3.63, 3.8) is 0 Å². The molecule has 0 bridgehead atoms. The van der Waals surface area contributed by atoms with Gasteiger partial charge < -0.3 is 20.7 Å². The monoisotopic (exact) mass is 371 g/mol. The fraction of sp³-hybridized carbons (Fsp3) is 0.263. The number of hydrogen-bond acceptors (Lipinski definition) is 5. The minimum absolute atomic E-state index is 0.272. The molecule has 0 spiro atoms. The summed E-state index contributed by atoms with van der Waals surface area (Å²) in [4.78, 5) is 25.9. The Balaban J connectivity index is 1.87. The Morgan fingerprint density at radius 3 is 2.69 bits per heavy atom. The van der Waals surface area contributed by atoms with E-state index < -0.39 is 12.0 Å². The molecular weight excluding hydrogens is 350 g/mol. The lowest BCUT2D eigenvalue weighted by atomic mass is 9.95. The molecule has 0 saturated heterocycles. The number of hydrogen-bond donors (Lipinski definition) is 3. The average Bonchev–Trinajstić information content (AvgIpc) is 3.15. The van der Waals surface area contributed by atoms with E-state index in [-0.39, 0.29) is 12.6 Å².